The summed E-state index contributed by atoms with van der Waals surface area (Å²) in [5.74, 6) is 0.122. The summed E-state index contributed by atoms with van der Waals surface area (Å²) < 4.78 is 5.08. The van der Waals surface area contributed by atoms with Crippen LogP contribution in [0.5, 0.6) is 5.75 Å². The number of anilines is 2. The number of nitrogens with zero attached hydrogens (tertiary/aromatic N) is 2. The van der Waals surface area contributed by atoms with Crippen molar-refractivity contribution < 1.29 is 14.3 Å². The number of carbonyl (C=O) groups is 2. The van der Waals surface area contributed by atoms with E-state index in [0.717, 1.165) is 0 Å². The first-order valence-electron chi connectivity index (χ1n) is 7.74. The maximum Gasteiger partial charge on any atom is 0.269 e. The van der Waals surface area contributed by atoms with E-state index in [9.17, 15) is 14.9 Å². The van der Waals surface area contributed by atoms with Crippen LogP contribution in [0.25, 0.3) is 0 Å². The summed E-state index contributed by atoms with van der Waals surface area (Å²) >= 11 is 1.18. The van der Waals surface area contributed by atoms with Gasteiger partial charge in [-0.05, 0) is 36.4 Å². The van der Waals surface area contributed by atoms with Crippen LogP contribution in [0, 0.1) is 11.3 Å². The van der Waals surface area contributed by atoms with Crippen LogP contribution in [-0.4, -0.2) is 24.7 Å². The number of thioether (sulfide) groups is 1. The van der Waals surface area contributed by atoms with Crippen molar-refractivity contribution in [3.05, 3.63) is 65.2 Å². The molecule has 0 saturated carbocycles. The van der Waals surface area contributed by atoms with E-state index in [0.29, 0.717) is 22.2 Å². The number of methoxy groups -OCH3 is 1. The van der Waals surface area contributed by atoms with E-state index < -0.39 is 5.91 Å². The predicted octanol–water partition coefficient (Wildman–Crippen LogP) is 3.15. The van der Waals surface area contributed by atoms with Gasteiger partial charge in [0, 0.05) is 11.4 Å². The summed E-state index contributed by atoms with van der Waals surface area (Å²) in [4.78, 5) is 26.3. The third-order valence-electron chi connectivity index (χ3n) is 3.70. The standard InChI is InChI=1S/C19H15N3O3S/c1-25-15-9-7-13(8-10-15)21-18(24)16(11-20)19-22(17(23)12-26-19)14-5-3-2-4-6-14/h2-10H,12H2,1H3,(H,21,24). The number of nitriles is 1. The van der Waals surface area contributed by atoms with Gasteiger partial charge in [-0.1, -0.05) is 30.0 Å². The van der Waals surface area contributed by atoms with Crippen molar-refractivity contribution in [2.75, 3.05) is 23.1 Å². The largest absolute Gasteiger partial charge is 0.497 e. The van der Waals surface area contributed by atoms with Gasteiger partial charge < -0.3 is 10.1 Å². The van der Waals surface area contributed by atoms with Gasteiger partial charge in [0.15, 0.2) is 0 Å². The Morgan fingerprint density at radius 2 is 1.88 bits per heavy atom. The molecule has 2 aromatic rings. The Bertz CT molecular complexity index is 902. The maximum atomic E-state index is 12.6. The molecule has 1 fully saturated rings. The minimum absolute atomic E-state index is 0.0967. The van der Waals surface area contributed by atoms with Crippen molar-refractivity contribution >= 4 is 35.0 Å². The highest BCUT2D eigenvalue weighted by molar-refractivity contribution is 8.04. The Balaban J connectivity index is 1.91. The quantitative estimate of drug-likeness (QED) is 0.665. The Morgan fingerprint density at radius 1 is 1.19 bits per heavy atom. The normalized spacial score (nSPS) is 15.4. The first-order valence-corrected chi connectivity index (χ1v) is 8.73. The van der Waals surface area contributed by atoms with E-state index in [1.54, 1.807) is 55.6 Å². The summed E-state index contributed by atoms with van der Waals surface area (Å²) in [6.45, 7) is 0. The van der Waals surface area contributed by atoms with E-state index in [4.69, 9.17) is 4.74 Å². The number of rotatable bonds is 4. The third kappa shape index (κ3) is 3.55. The fraction of sp³-hybridized carbons (Fsp3) is 0.105. The van der Waals surface area contributed by atoms with Crippen molar-refractivity contribution in [1.29, 1.82) is 5.26 Å². The van der Waals surface area contributed by atoms with Gasteiger partial charge in [0.2, 0.25) is 5.91 Å². The van der Waals surface area contributed by atoms with Crippen molar-refractivity contribution in [3.63, 3.8) is 0 Å². The molecule has 130 valence electrons. The summed E-state index contributed by atoms with van der Waals surface area (Å²) in [6, 6.07) is 17.7. The molecule has 2 amide bonds. The Labute approximate surface area is 155 Å². The Hall–Kier alpha value is -3.24. The van der Waals surface area contributed by atoms with Gasteiger partial charge >= 0.3 is 0 Å². The van der Waals surface area contributed by atoms with Gasteiger partial charge in [0.05, 0.1) is 12.9 Å². The van der Waals surface area contributed by atoms with Gasteiger partial charge in [0.25, 0.3) is 5.91 Å². The van der Waals surface area contributed by atoms with Gasteiger partial charge in [0.1, 0.15) is 22.4 Å². The summed E-state index contributed by atoms with van der Waals surface area (Å²) in [5, 5.41) is 12.6. The van der Waals surface area contributed by atoms with Gasteiger partial charge in [-0.15, -0.1) is 0 Å². The number of amides is 2. The van der Waals surface area contributed by atoms with Crippen LogP contribution in [0.3, 0.4) is 0 Å². The lowest BCUT2D eigenvalue weighted by molar-refractivity contribution is -0.115. The van der Waals surface area contributed by atoms with Crippen LogP contribution >= 0.6 is 11.8 Å². The van der Waals surface area contributed by atoms with E-state index in [1.165, 1.54) is 16.7 Å². The van der Waals surface area contributed by atoms with Crippen LogP contribution in [-0.2, 0) is 9.59 Å². The van der Waals surface area contributed by atoms with Crippen LogP contribution in [0.4, 0.5) is 11.4 Å². The number of ether oxygens (including phenoxy) is 1. The first-order chi connectivity index (χ1) is 12.6. The van der Waals surface area contributed by atoms with Crippen LogP contribution in [0.1, 0.15) is 0 Å². The van der Waals surface area contributed by atoms with Gasteiger partial charge in [-0.2, -0.15) is 5.26 Å². The zero-order chi connectivity index (χ0) is 18.5. The molecule has 1 saturated heterocycles. The minimum Gasteiger partial charge on any atom is -0.497 e. The maximum absolute atomic E-state index is 12.6. The highest BCUT2D eigenvalue weighted by Gasteiger charge is 2.33. The van der Waals surface area contributed by atoms with Crippen LogP contribution < -0.4 is 15.0 Å². The number of hydrogen-bond acceptors (Lipinski definition) is 5. The minimum atomic E-state index is -0.559. The summed E-state index contributed by atoms with van der Waals surface area (Å²) in [5.41, 5.74) is 1.06. The van der Waals surface area contributed by atoms with Crippen LogP contribution in [0.15, 0.2) is 65.2 Å². The Morgan fingerprint density at radius 3 is 2.50 bits per heavy atom. The molecule has 0 radical (unpaired) electrons. The molecule has 0 atom stereocenters. The zero-order valence-corrected chi connectivity index (χ0v) is 14.7. The monoisotopic (exact) mass is 365 g/mol. The molecule has 7 heteroatoms. The summed E-state index contributed by atoms with van der Waals surface area (Å²) in [6.07, 6.45) is 0. The Kier molecular flexibility index (Phi) is 5.25. The van der Waals surface area contributed by atoms with E-state index in [-0.39, 0.29) is 17.2 Å². The second-order valence-electron chi connectivity index (χ2n) is 5.33. The van der Waals surface area contributed by atoms with Crippen molar-refractivity contribution in [3.8, 4) is 11.8 Å². The smallest absolute Gasteiger partial charge is 0.269 e. The van der Waals surface area contributed by atoms with Gasteiger partial charge in [-0.25, -0.2) is 0 Å². The average Bonchev–Trinajstić information content (AvgIpc) is 3.05. The molecule has 1 N–H and O–H groups in total. The van der Waals surface area contributed by atoms with Crippen molar-refractivity contribution in [2.45, 2.75) is 0 Å². The fourth-order valence-corrected chi connectivity index (χ4v) is 3.47. The number of carbonyl (C=O) groups excluding carboxylic acids is 2. The molecule has 6 nitrogen and oxygen atoms in total. The molecule has 1 aliphatic rings. The van der Waals surface area contributed by atoms with E-state index >= 15 is 0 Å². The fourth-order valence-electron chi connectivity index (χ4n) is 2.46. The van der Waals surface area contributed by atoms with Gasteiger partial charge in [-0.3, -0.25) is 14.5 Å². The lowest BCUT2D eigenvalue weighted by Crippen LogP contribution is -2.26. The lowest BCUT2D eigenvalue weighted by atomic mass is 10.2. The topological polar surface area (TPSA) is 82.4 Å². The molecule has 0 aliphatic carbocycles. The average molecular weight is 365 g/mol. The molecular formula is C19H15N3O3S. The summed E-state index contributed by atoms with van der Waals surface area (Å²) in [7, 11) is 1.55. The number of para-hydroxylation sites is 1. The second kappa shape index (κ2) is 7.76. The molecule has 0 spiro atoms. The van der Waals surface area contributed by atoms with Crippen molar-refractivity contribution in [2.24, 2.45) is 0 Å². The number of benzene rings is 2. The number of nitrogens with one attached hydrogen (secondary N) is 1. The first kappa shape index (κ1) is 17.6. The zero-order valence-electron chi connectivity index (χ0n) is 13.9. The van der Waals surface area contributed by atoms with Crippen molar-refractivity contribution in [1.82, 2.24) is 0 Å². The highest BCUT2D eigenvalue weighted by Crippen LogP contribution is 2.36. The third-order valence-corrected chi connectivity index (χ3v) is 4.75. The molecule has 1 aliphatic heterocycles. The number of hydrogen-bond donors (Lipinski definition) is 1. The molecule has 0 unspecified atom stereocenters. The highest BCUT2D eigenvalue weighted by atomic mass is 32.2. The molecule has 26 heavy (non-hydrogen) atoms. The SMILES string of the molecule is COc1ccc(NC(=O)C(C#N)=C2SCC(=O)N2c2ccccc2)cc1. The molecule has 3 rings (SSSR count). The molecule has 0 bridgehead atoms. The molecular weight excluding hydrogens is 350 g/mol. The van der Waals surface area contributed by atoms with E-state index in [1.807, 2.05) is 12.1 Å². The molecule has 0 aromatic heterocycles. The predicted molar refractivity (Wildman–Crippen MR) is 101 cm³/mol. The lowest BCUT2D eigenvalue weighted by Gasteiger charge is -2.18. The second-order valence-corrected chi connectivity index (χ2v) is 6.29. The molecule has 1 heterocycles. The molecule has 2 aromatic carbocycles. The van der Waals surface area contributed by atoms with Crippen LogP contribution in [0.2, 0.25) is 0 Å². The van der Waals surface area contributed by atoms with E-state index in [2.05, 4.69) is 5.32 Å².